The number of halogens is 1. The highest BCUT2D eigenvalue weighted by molar-refractivity contribution is 5.79. The molecule has 0 spiro atoms. The average Bonchev–Trinajstić information content (AvgIpc) is 3.43. The number of imidazole rings is 2. The molecule has 37 heavy (non-hydrogen) atoms. The van der Waals surface area contributed by atoms with Gasteiger partial charge in [-0.15, -0.1) is 0 Å². The van der Waals surface area contributed by atoms with Gasteiger partial charge in [0.05, 0.1) is 34.8 Å². The van der Waals surface area contributed by atoms with Gasteiger partial charge in [0.1, 0.15) is 5.82 Å². The van der Waals surface area contributed by atoms with E-state index in [1.807, 2.05) is 49.6 Å². The molecule has 1 saturated heterocycles. The predicted octanol–water partition coefficient (Wildman–Crippen LogP) is 4.49. The summed E-state index contributed by atoms with van der Waals surface area (Å²) in [5, 5.41) is 7.19. The molecule has 2 N–H and O–H groups in total. The fourth-order valence-electron chi connectivity index (χ4n) is 5.12. The van der Waals surface area contributed by atoms with E-state index in [1.54, 1.807) is 6.20 Å². The van der Waals surface area contributed by atoms with Crippen LogP contribution >= 0.6 is 0 Å². The minimum atomic E-state index is -0.217. The molecule has 0 amide bonds. The molecule has 5 aromatic rings. The second-order valence-electron chi connectivity index (χ2n) is 9.68. The Labute approximate surface area is 215 Å². The van der Waals surface area contributed by atoms with Crippen molar-refractivity contribution < 1.29 is 4.39 Å². The van der Waals surface area contributed by atoms with Gasteiger partial charge in [-0.05, 0) is 48.7 Å². The van der Waals surface area contributed by atoms with Crippen molar-refractivity contribution in [3.63, 3.8) is 0 Å². The Hall–Kier alpha value is -3.98. The molecule has 0 radical (unpaired) electrons. The Balaban J connectivity index is 1.06. The first-order valence-electron chi connectivity index (χ1n) is 12.8. The minimum Gasteiger partial charge on any atom is -0.354 e. The number of para-hydroxylation sites is 2. The molecule has 0 aliphatic carbocycles. The van der Waals surface area contributed by atoms with Crippen molar-refractivity contribution in [1.29, 1.82) is 0 Å². The van der Waals surface area contributed by atoms with Crippen LogP contribution in [0.3, 0.4) is 0 Å². The second kappa shape index (κ2) is 10.2. The van der Waals surface area contributed by atoms with Crippen LogP contribution in [-0.2, 0) is 13.6 Å². The maximum Gasteiger partial charge on any atom is 0.204 e. The number of aryl methyl sites for hydroxylation is 1. The van der Waals surface area contributed by atoms with Crippen LogP contribution in [0.15, 0.2) is 67.0 Å². The first-order chi connectivity index (χ1) is 18.1. The number of likely N-dealkylation sites (tertiary alicyclic amines) is 1. The highest BCUT2D eigenvalue weighted by Gasteiger charge is 2.21. The second-order valence-corrected chi connectivity index (χ2v) is 9.68. The van der Waals surface area contributed by atoms with E-state index in [9.17, 15) is 4.39 Å². The van der Waals surface area contributed by atoms with Gasteiger partial charge in [-0.2, -0.15) is 0 Å². The maximum atomic E-state index is 13.4. The molecule has 9 heteroatoms. The number of hydrogen-bond acceptors (Lipinski definition) is 6. The first kappa shape index (κ1) is 23.4. The SMILES string of the molecule is Cn1c(NCCN2CCC(Nc3nc4ccccc4n3Cc3ccc(F)cc3)CC2)nc2ccncc21. The summed E-state index contributed by atoms with van der Waals surface area (Å²) in [5.74, 6) is 1.53. The number of aromatic nitrogens is 5. The van der Waals surface area contributed by atoms with Crippen molar-refractivity contribution >= 4 is 34.0 Å². The summed E-state index contributed by atoms with van der Waals surface area (Å²) < 4.78 is 17.7. The standard InChI is InChI=1S/C28H31FN8/c1-35-26-18-30-13-10-24(26)33-27(35)31-14-17-36-15-11-22(12-16-36)32-28-34-23-4-2-3-5-25(23)37(28)19-20-6-8-21(29)9-7-20/h2-10,13,18,22H,11-12,14-17,19H2,1H3,(H,31,33)(H,32,34). The quantitative estimate of drug-likeness (QED) is 0.328. The van der Waals surface area contributed by atoms with Gasteiger partial charge < -0.3 is 24.7 Å². The van der Waals surface area contributed by atoms with E-state index in [0.717, 1.165) is 78.5 Å². The van der Waals surface area contributed by atoms with Gasteiger partial charge in [0.15, 0.2) is 0 Å². The third kappa shape index (κ3) is 4.99. The van der Waals surface area contributed by atoms with Crippen molar-refractivity contribution in [3.05, 3.63) is 78.4 Å². The Morgan fingerprint density at radius 2 is 1.68 bits per heavy atom. The van der Waals surface area contributed by atoms with Crippen LogP contribution in [0.1, 0.15) is 18.4 Å². The normalized spacial score (nSPS) is 15.0. The molecule has 1 aliphatic rings. The topological polar surface area (TPSA) is 75.8 Å². The van der Waals surface area contributed by atoms with Crippen molar-refractivity contribution in [1.82, 2.24) is 29.0 Å². The molecule has 3 aromatic heterocycles. The number of anilines is 2. The number of pyridine rings is 1. The summed E-state index contributed by atoms with van der Waals surface area (Å²) in [5.41, 5.74) is 5.08. The lowest BCUT2D eigenvalue weighted by Gasteiger charge is -2.32. The van der Waals surface area contributed by atoms with Gasteiger partial charge in [-0.25, -0.2) is 14.4 Å². The van der Waals surface area contributed by atoms with Crippen LogP contribution in [0, 0.1) is 5.82 Å². The van der Waals surface area contributed by atoms with E-state index in [0.29, 0.717) is 12.6 Å². The molecule has 190 valence electrons. The largest absolute Gasteiger partial charge is 0.354 e. The Kier molecular flexibility index (Phi) is 6.44. The van der Waals surface area contributed by atoms with Crippen molar-refractivity contribution in [2.75, 3.05) is 36.8 Å². The Morgan fingerprint density at radius 1 is 0.919 bits per heavy atom. The maximum absolute atomic E-state index is 13.4. The fraction of sp³-hybridized carbons (Fsp3) is 0.321. The fourth-order valence-corrected chi connectivity index (χ4v) is 5.12. The number of hydrogen-bond donors (Lipinski definition) is 2. The van der Waals surface area contributed by atoms with Gasteiger partial charge in [-0.3, -0.25) is 4.98 Å². The third-order valence-corrected chi connectivity index (χ3v) is 7.22. The van der Waals surface area contributed by atoms with E-state index in [1.165, 1.54) is 12.1 Å². The zero-order valence-electron chi connectivity index (χ0n) is 20.9. The number of benzene rings is 2. The average molecular weight is 499 g/mol. The van der Waals surface area contributed by atoms with Crippen LogP contribution < -0.4 is 10.6 Å². The number of nitrogens with one attached hydrogen (secondary N) is 2. The van der Waals surface area contributed by atoms with Crippen LogP contribution in [0.5, 0.6) is 0 Å². The summed E-state index contributed by atoms with van der Waals surface area (Å²) >= 11 is 0. The van der Waals surface area contributed by atoms with Crippen molar-refractivity contribution in [2.24, 2.45) is 7.05 Å². The summed E-state index contributed by atoms with van der Waals surface area (Å²) in [6.45, 7) is 4.52. The third-order valence-electron chi connectivity index (χ3n) is 7.22. The van der Waals surface area contributed by atoms with Crippen LogP contribution in [0.25, 0.3) is 22.1 Å². The monoisotopic (exact) mass is 498 g/mol. The van der Waals surface area contributed by atoms with Gasteiger partial charge in [-0.1, -0.05) is 24.3 Å². The van der Waals surface area contributed by atoms with Gasteiger partial charge >= 0.3 is 0 Å². The molecule has 8 nitrogen and oxygen atoms in total. The molecular formula is C28H31FN8. The van der Waals surface area contributed by atoms with Crippen LogP contribution in [0.2, 0.25) is 0 Å². The lowest BCUT2D eigenvalue weighted by atomic mass is 10.1. The van der Waals surface area contributed by atoms with Crippen LogP contribution in [-0.4, -0.2) is 61.2 Å². The Bertz CT molecular complexity index is 1500. The molecule has 6 rings (SSSR count). The number of nitrogens with zero attached hydrogens (tertiary/aromatic N) is 6. The summed E-state index contributed by atoms with van der Waals surface area (Å²) in [6, 6.07) is 17.2. The van der Waals surface area contributed by atoms with Crippen LogP contribution in [0.4, 0.5) is 16.3 Å². The molecule has 0 unspecified atom stereocenters. The predicted molar refractivity (Wildman–Crippen MR) is 145 cm³/mol. The molecule has 0 bridgehead atoms. The van der Waals surface area contributed by atoms with Crippen molar-refractivity contribution in [3.8, 4) is 0 Å². The van der Waals surface area contributed by atoms with Gasteiger partial charge in [0.25, 0.3) is 0 Å². The van der Waals surface area contributed by atoms with E-state index >= 15 is 0 Å². The lowest BCUT2D eigenvalue weighted by molar-refractivity contribution is 0.226. The van der Waals surface area contributed by atoms with Gasteiger partial charge in [0, 0.05) is 45.5 Å². The molecule has 0 saturated carbocycles. The minimum absolute atomic E-state index is 0.217. The van der Waals surface area contributed by atoms with Crippen molar-refractivity contribution in [2.45, 2.75) is 25.4 Å². The summed E-state index contributed by atoms with van der Waals surface area (Å²) in [4.78, 5) is 16.3. The summed E-state index contributed by atoms with van der Waals surface area (Å²) in [7, 11) is 2.01. The molecule has 1 fully saturated rings. The Morgan fingerprint density at radius 3 is 2.49 bits per heavy atom. The number of rotatable bonds is 8. The highest BCUT2D eigenvalue weighted by Crippen LogP contribution is 2.24. The smallest absolute Gasteiger partial charge is 0.204 e. The summed E-state index contributed by atoms with van der Waals surface area (Å²) in [6.07, 6.45) is 5.73. The zero-order chi connectivity index (χ0) is 25.2. The highest BCUT2D eigenvalue weighted by atomic mass is 19.1. The van der Waals surface area contributed by atoms with E-state index in [2.05, 4.69) is 40.7 Å². The van der Waals surface area contributed by atoms with E-state index in [-0.39, 0.29) is 5.82 Å². The number of fused-ring (bicyclic) bond motifs is 2. The lowest BCUT2D eigenvalue weighted by Crippen LogP contribution is -2.41. The molecule has 2 aromatic carbocycles. The molecular weight excluding hydrogens is 467 g/mol. The molecule has 4 heterocycles. The number of piperidine rings is 1. The van der Waals surface area contributed by atoms with Gasteiger partial charge in [0.2, 0.25) is 11.9 Å². The first-order valence-corrected chi connectivity index (χ1v) is 12.8. The molecule has 0 atom stereocenters. The molecule has 1 aliphatic heterocycles. The van der Waals surface area contributed by atoms with E-state index in [4.69, 9.17) is 4.98 Å². The van der Waals surface area contributed by atoms with E-state index < -0.39 is 0 Å². The zero-order valence-corrected chi connectivity index (χ0v) is 20.9.